The fourth-order valence-corrected chi connectivity index (χ4v) is 10.5. The molecule has 4 fully saturated rings. The largest absolute Gasteiger partial charge is 0.365 e. The monoisotopic (exact) mass is 705 g/mol. The van der Waals surface area contributed by atoms with Gasteiger partial charge in [-0.1, -0.05) is 18.6 Å². The van der Waals surface area contributed by atoms with Crippen molar-refractivity contribution in [1.82, 2.24) is 15.1 Å². The second-order valence-electron chi connectivity index (χ2n) is 15.0. The van der Waals surface area contributed by atoms with Gasteiger partial charge >= 0.3 is 0 Å². The third kappa shape index (κ3) is 6.69. The zero-order valence-electron chi connectivity index (χ0n) is 28.9. The van der Waals surface area contributed by atoms with Crippen LogP contribution in [-0.4, -0.2) is 95.2 Å². The van der Waals surface area contributed by atoms with Crippen LogP contribution in [0.15, 0.2) is 82.6 Å². The Labute approximate surface area is 294 Å². The van der Waals surface area contributed by atoms with E-state index in [9.17, 15) is 17.6 Å². The van der Waals surface area contributed by atoms with Gasteiger partial charge in [0.25, 0.3) is 5.91 Å². The Morgan fingerprint density at radius 2 is 1.56 bits per heavy atom. The summed E-state index contributed by atoms with van der Waals surface area (Å²) in [5, 5.41) is 2.52. The predicted octanol–water partition coefficient (Wildman–Crippen LogP) is 5.03. The molecule has 0 radical (unpaired) electrons. The number of nitrogens with one attached hydrogen (secondary N) is 1. The number of hydrogen-bond donors (Lipinski definition) is 2. The number of alkyl halides is 1. The van der Waals surface area contributed by atoms with Crippen LogP contribution in [0.25, 0.3) is 0 Å². The smallest absolute Gasteiger partial charge is 0.251 e. The maximum absolute atomic E-state index is 16.1. The molecule has 0 aromatic heterocycles. The molecule has 3 aromatic carbocycles. The highest BCUT2D eigenvalue weighted by atomic mass is 32.2. The van der Waals surface area contributed by atoms with E-state index in [1.54, 1.807) is 30.3 Å². The van der Waals surface area contributed by atoms with Crippen molar-refractivity contribution in [2.45, 2.75) is 65.4 Å². The highest BCUT2D eigenvalue weighted by molar-refractivity contribution is 7.91. The summed E-state index contributed by atoms with van der Waals surface area (Å²) in [6, 6.07) is 19.8. The van der Waals surface area contributed by atoms with Crippen molar-refractivity contribution < 1.29 is 22.0 Å². The first kappa shape index (κ1) is 35.0. The Morgan fingerprint density at radius 3 is 2.12 bits per heavy atom. The van der Waals surface area contributed by atoms with E-state index in [-0.39, 0.29) is 46.1 Å². The number of nitrogens with two attached hydrogens (primary N) is 1. The van der Waals surface area contributed by atoms with Crippen LogP contribution < -0.4 is 16.0 Å². The molecule has 268 valence electrons. The van der Waals surface area contributed by atoms with Crippen molar-refractivity contribution in [3.63, 3.8) is 0 Å². The van der Waals surface area contributed by atoms with Crippen LogP contribution in [0.3, 0.4) is 0 Å². The van der Waals surface area contributed by atoms with Crippen LogP contribution in [0.1, 0.15) is 54.4 Å². The van der Waals surface area contributed by atoms with Crippen LogP contribution in [0, 0.1) is 17.7 Å². The van der Waals surface area contributed by atoms with Gasteiger partial charge in [-0.3, -0.25) is 9.69 Å². The van der Waals surface area contributed by atoms with E-state index in [0.29, 0.717) is 23.9 Å². The third-order valence-electron chi connectivity index (χ3n) is 12.0. The number of piperidine rings is 1. The van der Waals surface area contributed by atoms with Crippen molar-refractivity contribution in [3.8, 4) is 0 Å². The van der Waals surface area contributed by atoms with E-state index in [4.69, 9.17) is 5.73 Å². The molecule has 3 N–H and O–H groups in total. The molecular weight excluding hydrogens is 657 g/mol. The van der Waals surface area contributed by atoms with Gasteiger partial charge in [-0.2, -0.15) is 0 Å². The fraction of sp³-hybridized carbons (Fsp3) is 0.513. The lowest BCUT2D eigenvalue weighted by Crippen LogP contribution is -2.65. The van der Waals surface area contributed by atoms with E-state index in [1.807, 2.05) is 11.0 Å². The van der Waals surface area contributed by atoms with E-state index in [1.165, 1.54) is 43.8 Å². The minimum absolute atomic E-state index is 0.101. The fourth-order valence-electron chi connectivity index (χ4n) is 9.24. The van der Waals surface area contributed by atoms with Gasteiger partial charge in [0.1, 0.15) is 5.82 Å². The zero-order chi connectivity index (χ0) is 35.1. The van der Waals surface area contributed by atoms with Gasteiger partial charge in [0.15, 0.2) is 5.67 Å². The van der Waals surface area contributed by atoms with E-state index in [2.05, 4.69) is 21.2 Å². The second kappa shape index (κ2) is 14.0. The number of carbonyl (C=O) groups is 1. The van der Waals surface area contributed by atoms with Crippen LogP contribution in [0.4, 0.5) is 14.5 Å². The number of likely N-dealkylation sites (tertiary alicyclic amines) is 2. The van der Waals surface area contributed by atoms with Gasteiger partial charge in [0.2, 0.25) is 9.84 Å². The van der Waals surface area contributed by atoms with Gasteiger partial charge < -0.3 is 20.9 Å². The molecule has 3 saturated heterocycles. The van der Waals surface area contributed by atoms with Gasteiger partial charge in [0, 0.05) is 42.8 Å². The minimum atomic E-state index is -3.77. The van der Waals surface area contributed by atoms with Gasteiger partial charge in [-0.05, 0) is 136 Å². The topological polar surface area (TPSA) is 99.0 Å². The first-order valence-corrected chi connectivity index (χ1v) is 19.6. The molecule has 7 rings (SSSR count). The van der Waals surface area contributed by atoms with E-state index in [0.717, 1.165) is 76.1 Å². The normalized spacial score (nSPS) is 24.3. The number of halogens is 2. The Morgan fingerprint density at radius 1 is 0.900 bits per heavy atom. The molecule has 1 amide bonds. The Bertz CT molecular complexity index is 1770. The SMILES string of the molecule is CNC(=O)c1ccc(S(=O)(=O)c2ccc(N3CC(F)(CN4CCC(C(CN5CCC5)(c5cccc(F)c5)[C@H]5CCC[C@@H]5N)CC4)C3)cc2)cc1. The second-order valence-corrected chi connectivity index (χ2v) is 17.0. The summed E-state index contributed by atoms with van der Waals surface area (Å²) in [6.07, 6.45) is 6.23. The van der Waals surface area contributed by atoms with Gasteiger partial charge in [-0.25, -0.2) is 17.2 Å². The molecule has 3 aliphatic heterocycles. The number of amides is 1. The van der Waals surface area contributed by atoms with Crippen molar-refractivity contribution in [2.75, 3.05) is 64.3 Å². The maximum Gasteiger partial charge on any atom is 0.251 e. The molecule has 4 aliphatic rings. The molecule has 8 nitrogen and oxygen atoms in total. The lowest BCUT2D eigenvalue weighted by atomic mass is 9.58. The summed E-state index contributed by atoms with van der Waals surface area (Å²) >= 11 is 0. The number of carbonyl (C=O) groups excluding carboxylic acids is 1. The highest BCUT2D eigenvalue weighted by Gasteiger charge is 2.53. The number of nitrogens with zero attached hydrogens (tertiary/aromatic N) is 3. The number of sulfone groups is 1. The Balaban J connectivity index is 0.988. The first-order chi connectivity index (χ1) is 24.0. The standard InChI is InChI=1S/C39H49F2N5O3S/c1-43-37(47)28-9-13-33(14-10-28)50(48,49)34-15-11-32(12-16-34)46-25-38(41,26-46)24-45-21-17-29(18-22-45)39(27-44-19-4-20-44,35-7-3-8-36(35)42)30-5-2-6-31(40)23-30/h2,5-6,9-16,23,29,35-36H,3-4,7-8,17-22,24-27,42H2,1H3,(H,43,47)/t35-,36-,39?/m0/s1. The molecule has 0 spiro atoms. The maximum atomic E-state index is 16.1. The third-order valence-corrected chi connectivity index (χ3v) is 13.8. The lowest BCUT2D eigenvalue weighted by molar-refractivity contribution is 0.00781. The number of rotatable bonds is 11. The predicted molar refractivity (Wildman–Crippen MR) is 191 cm³/mol. The Hall–Kier alpha value is -3.38. The molecule has 3 aromatic rings. The summed E-state index contributed by atoms with van der Waals surface area (Å²) in [7, 11) is -2.25. The van der Waals surface area contributed by atoms with Gasteiger partial charge in [0.05, 0.1) is 22.9 Å². The van der Waals surface area contributed by atoms with Crippen molar-refractivity contribution in [2.24, 2.45) is 17.6 Å². The van der Waals surface area contributed by atoms with E-state index < -0.39 is 15.5 Å². The molecule has 3 heterocycles. The molecule has 3 atom stereocenters. The van der Waals surface area contributed by atoms with E-state index >= 15 is 4.39 Å². The Kier molecular flexibility index (Phi) is 9.79. The van der Waals surface area contributed by atoms with Crippen LogP contribution in [0.5, 0.6) is 0 Å². The first-order valence-electron chi connectivity index (χ1n) is 18.1. The highest BCUT2D eigenvalue weighted by Crippen LogP contribution is 2.51. The molecule has 1 saturated carbocycles. The quantitative estimate of drug-likeness (QED) is 0.289. The summed E-state index contributed by atoms with van der Waals surface area (Å²) in [5.74, 6) is 0.155. The van der Waals surface area contributed by atoms with Crippen molar-refractivity contribution in [3.05, 3.63) is 89.7 Å². The summed E-state index contributed by atoms with van der Waals surface area (Å²) < 4.78 is 57.3. The number of hydrogen-bond acceptors (Lipinski definition) is 7. The molecule has 11 heteroatoms. The number of anilines is 1. The van der Waals surface area contributed by atoms with Crippen LogP contribution >= 0.6 is 0 Å². The van der Waals surface area contributed by atoms with Gasteiger partial charge in [-0.15, -0.1) is 0 Å². The molecule has 1 unspecified atom stereocenters. The number of benzene rings is 3. The summed E-state index contributed by atoms with van der Waals surface area (Å²) in [4.78, 5) is 18.8. The van der Waals surface area contributed by atoms with Crippen molar-refractivity contribution in [1.29, 1.82) is 0 Å². The summed E-state index contributed by atoms with van der Waals surface area (Å²) in [6.45, 7) is 5.51. The average Bonchev–Trinajstić information content (AvgIpc) is 3.53. The van der Waals surface area contributed by atoms with Crippen LogP contribution in [0.2, 0.25) is 0 Å². The minimum Gasteiger partial charge on any atom is -0.365 e. The molecular formula is C39H49F2N5O3S. The average molecular weight is 706 g/mol. The molecule has 1 aliphatic carbocycles. The van der Waals surface area contributed by atoms with Crippen molar-refractivity contribution >= 4 is 21.4 Å². The van der Waals surface area contributed by atoms with Crippen LogP contribution in [-0.2, 0) is 15.3 Å². The lowest BCUT2D eigenvalue weighted by Gasteiger charge is -2.54. The molecule has 0 bridgehead atoms. The molecule has 50 heavy (non-hydrogen) atoms. The summed E-state index contributed by atoms with van der Waals surface area (Å²) in [5.41, 5.74) is 7.51. The zero-order valence-corrected chi connectivity index (χ0v) is 29.7.